The highest BCUT2D eigenvalue weighted by atomic mass is 32.1. The van der Waals surface area contributed by atoms with Crippen LogP contribution in [0.3, 0.4) is 0 Å². The number of nitrogens with one attached hydrogen (secondary N) is 1. The largest absolute Gasteiger partial charge is 0.339 e. The Labute approximate surface area is 117 Å². The van der Waals surface area contributed by atoms with Crippen LogP contribution >= 0.6 is 11.3 Å². The zero-order chi connectivity index (χ0) is 13.8. The first-order chi connectivity index (χ1) is 9.04. The van der Waals surface area contributed by atoms with Gasteiger partial charge in [0.05, 0.1) is 12.6 Å². The van der Waals surface area contributed by atoms with Crippen LogP contribution in [0.2, 0.25) is 0 Å². The highest BCUT2D eigenvalue weighted by molar-refractivity contribution is 7.09. The van der Waals surface area contributed by atoms with Gasteiger partial charge in [-0.1, -0.05) is 19.0 Å². The molecule has 0 aromatic carbocycles. The topological polar surface area (TPSA) is 63.8 Å². The van der Waals surface area contributed by atoms with Gasteiger partial charge in [-0.05, 0) is 19.8 Å². The smallest absolute Gasteiger partial charge is 0.226 e. The standard InChI is InChI=1S/C13H20N4OS/c1-8(2)5-12-16-11(17-18-12)6-14-10(4)13-15-9(3)7-19-13/h7-8,10,14H,5-6H2,1-4H3. The van der Waals surface area contributed by atoms with Gasteiger partial charge in [-0.3, -0.25) is 0 Å². The summed E-state index contributed by atoms with van der Waals surface area (Å²) in [5, 5.41) is 10.5. The van der Waals surface area contributed by atoms with E-state index < -0.39 is 0 Å². The maximum Gasteiger partial charge on any atom is 0.226 e. The molecule has 19 heavy (non-hydrogen) atoms. The lowest BCUT2D eigenvalue weighted by Crippen LogP contribution is -2.18. The molecule has 1 atom stereocenters. The summed E-state index contributed by atoms with van der Waals surface area (Å²) in [4.78, 5) is 8.82. The van der Waals surface area contributed by atoms with Crippen LogP contribution in [0.5, 0.6) is 0 Å². The van der Waals surface area contributed by atoms with E-state index in [2.05, 4.69) is 46.6 Å². The summed E-state index contributed by atoms with van der Waals surface area (Å²) >= 11 is 1.67. The van der Waals surface area contributed by atoms with Gasteiger partial charge in [-0.15, -0.1) is 11.3 Å². The summed E-state index contributed by atoms with van der Waals surface area (Å²) in [6, 6.07) is 0.200. The van der Waals surface area contributed by atoms with Crippen molar-refractivity contribution in [1.82, 2.24) is 20.4 Å². The third-order valence-electron chi connectivity index (χ3n) is 2.67. The van der Waals surface area contributed by atoms with E-state index in [4.69, 9.17) is 4.52 Å². The number of nitrogens with zero attached hydrogens (tertiary/aromatic N) is 3. The van der Waals surface area contributed by atoms with Crippen molar-refractivity contribution in [2.24, 2.45) is 5.92 Å². The molecular weight excluding hydrogens is 260 g/mol. The minimum atomic E-state index is 0.200. The predicted octanol–water partition coefficient (Wildman–Crippen LogP) is 2.88. The minimum absolute atomic E-state index is 0.200. The van der Waals surface area contributed by atoms with Gasteiger partial charge in [0.2, 0.25) is 5.89 Å². The Morgan fingerprint density at radius 3 is 2.74 bits per heavy atom. The molecule has 2 heterocycles. The summed E-state index contributed by atoms with van der Waals surface area (Å²) in [6.45, 7) is 8.96. The van der Waals surface area contributed by atoms with Gasteiger partial charge in [0.15, 0.2) is 5.82 Å². The normalized spacial score (nSPS) is 13.1. The van der Waals surface area contributed by atoms with Crippen molar-refractivity contribution in [2.75, 3.05) is 0 Å². The molecule has 2 rings (SSSR count). The molecule has 6 heteroatoms. The minimum Gasteiger partial charge on any atom is -0.339 e. The van der Waals surface area contributed by atoms with Crippen molar-refractivity contribution >= 4 is 11.3 Å². The molecule has 0 radical (unpaired) electrons. The second-order valence-corrected chi connectivity index (χ2v) is 6.02. The molecule has 0 saturated carbocycles. The molecule has 0 aliphatic rings. The lowest BCUT2D eigenvalue weighted by Gasteiger charge is -2.08. The molecule has 1 N–H and O–H groups in total. The Bertz CT molecular complexity index is 520. The Balaban J connectivity index is 1.86. The van der Waals surface area contributed by atoms with Gasteiger partial charge >= 0.3 is 0 Å². The van der Waals surface area contributed by atoms with Crippen LogP contribution in [-0.2, 0) is 13.0 Å². The SMILES string of the molecule is Cc1csc(C(C)NCc2noc(CC(C)C)n2)n1. The van der Waals surface area contributed by atoms with E-state index in [1.807, 2.05) is 6.92 Å². The monoisotopic (exact) mass is 280 g/mol. The van der Waals surface area contributed by atoms with Crippen molar-refractivity contribution in [1.29, 1.82) is 0 Å². The van der Waals surface area contributed by atoms with Gasteiger partial charge in [0, 0.05) is 17.5 Å². The summed E-state index contributed by atoms with van der Waals surface area (Å²) in [6.07, 6.45) is 0.828. The fourth-order valence-corrected chi connectivity index (χ4v) is 2.53. The van der Waals surface area contributed by atoms with E-state index in [1.165, 1.54) is 0 Å². The zero-order valence-electron chi connectivity index (χ0n) is 11.8. The summed E-state index contributed by atoms with van der Waals surface area (Å²) in [5.74, 6) is 1.94. The molecule has 0 amide bonds. The van der Waals surface area contributed by atoms with Crippen LogP contribution in [0, 0.1) is 12.8 Å². The van der Waals surface area contributed by atoms with E-state index in [1.54, 1.807) is 11.3 Å². The number of thiazole rings is 1. The van der Waals surface area contributed by atoms with Crippen LogP contribution < -0.4 is 5.32 Å². The second kappa shape index (κ2) is 6.25. The maximum absolute atomic E-state index is 5.20. The third kappa shape index (κ3) is 4.11. The van der Waals surface area contributed by atoms with E-state index >= 15 is 0 Å². The van der Waals surface area contributed by atoms with Crippen LogP contribution in [0.1, 0.15) is 49.2 Å². The Morgan fingerprint density at radius 2 is 2.11 bits per heavy atom. The van der Waals surface area contributed by atoms with Crippen LogP contribution in [0.4, 0.5) is 0 Å². The fourth-order valence-electron chi connectivity index (χ4n) is 1.70. The first kappa shape index (κ1) is 14.1. The molecule has 0 fully saturated rings. The summed E-state index contributed by atoms with van der Waals surface area (Å²) < 4.78 is 5.20. The van der Waals surface area contributed by atoms with E-state index in [-0.39, 0.29) is 6.04 Å². The van der Waals surface area contributed by atoms with Gasteiger partial charge in [0.25, 0.3) is 0 Å². The van der Waals surface area contributed by atoms with Crippen LogP contribution in [0.15, 0.2) is 9.90 Å². The molecule has 2 aromatic rings. The molecule has 2 aromatic heterocycles. The first-order valence-electron chi connectivity index (χ1n) is 6.51. The molecular formula is C13H20N4OS. The van der Waals surface area contributed by atoms with E-state index in [0.717, 1.165) is 17.1 Å². The molecule has 0 spiro atoms. The van der Waals surface area contributed by atoms with Gasteiger partial charge in [-0.2, -0.15) is 4.98 Å². The Morgan fingerprint density at radius 1 is 1.32 bits per heavy atom. The summed E-state index contributed by atoms with van der Waals surface area (Å²) in [7, 11) is 0. The highest BCUT2D eigenvalue weighted by Crippen LogP contribution is 2.17. The van der Waals surface area contributed by atoms with Gasteiger partial charge < -0.3 is 9.84 Å². The number of hydrogen-bond acceptors (Lipinski definition) is 6. The average molecular weight is 280 g/mol. The number of hydrogen-bond donors (Lipinski definition) is 1. The molecule has 5 nitrogen and oxygen atoms in total. The predicted molar refractivity (Wildman–Crippen MR) is 74.9 cm³/mol. The zero-order valence-corrected chi connectivity index (χ0v) is 12.6. The lowest BCUT2D eigenvalue weighted by molar-refractivity contribution is 0.357. The van der Waals surface area contributed by atoms with Gasteiger partial charge in [-0.25, -0.2) is 4.98 Å². The Hall–Kier alpha value is -1.27. The van der Waals surface area contributed by atoms with Crippen molar-refractivity contribution in [3.8, 4) is 0 Å². The fraction of sp³-hybridized carbons (Fsp3) is 0.615. The summed E-state index contributed by atoms with van der Waals surface area (Å²) in [5.41, 5.74) is 1.06. The lowest BCUT2D eigenvalue weighted by atomic mass is 10.1. The molecule has 104 valence electrons. The number of aromatic nitrogens is 3. The highest BCUT2D eigenvalue weighted by Gasteiger charge is 2.12. The van der Waals surface area contributed by atoms with E-state index in [0.29, 0.717) is 24.2 Å². The third-order valence-corrected chi connectivity index (χ3v) is 3.81. The van der Waals surface area contributed by atoms with Crippen molar-refractivity contribution in [2.45, 2.75) is 46.7 Å². The van der Waals surface area contributed by atoms with Gasteiger partial charge in [0.1, 0.15) is 5.01 Å². The molecule has 0 aliphatic heterocycles. The molecule has 1 unspecified atom stereocenters. The molecule has 0 aliphatic carbocycles. The molecule has 0 saturated heterocycles. The van der Waals surface area contributed by atoms with Crippen LogP contribution in [-0.4, -0.2) is 15.1 Å². The number of rotatable bonds is 6. The number of aryl methyl sites for hydroxylation is 1. The van der Waals surface area contributed by atoms with E-state index in [9.17, 15) is 0 Å². The maximum atomic E-state index is 5.20. The van der Waals surface area contributed by atoms with Crippen molar-refractivity contribution in [3.05, 3.63) is 27.8 Å². The quantitative estimate of drug-likeness (QED) is 0.881. The van der Waals surface area contributed by atoms with Crippen LogP contribution in [0.25, 0.3) is 0 Å². The first-order valence-corrected chi connectivity index (χ1v) is 7.39. The Kier molecular flexibility index (Phi) is 4.66. The second-order valence-electron chi connectivity index (χ2n) is 5.13. The van der Waals surface area contributed by atoms with Crippen molar-refractivity contribution < 1.29 is 4.52 Å². The average Bonchev–Trinajstić information content (AvgIpc) is 2.94. The molecule has 0 bridgehead atoms. The van der Waals surface area contributed by atoms with Crippen molar-refractivity contribution in [3.63, 3.8) is 0 Å².